The minimum atomic E-state index is -3.56. The van der Waals surface area contributed by atoms with E-state index in [0.29, 0.717) is 15.7 Å². The van der Waals surface area contributed by atoms with Gasteiger partial charge in [-0.05, 0) is 76.1 Å². The number of halogens is 2. The number of amides is 2. The summed E-state index contributed by atoms with van der Waals surface area (Å²) in [6, 6.07) is 12.8. The van der Waals surface area contributed by atoms with Crippen LogP contribution < -0.4 is 9.62 Å². The number of anilines is 1. The second-order valence-corrected chi connectivity index (χ2v) is 12.3. The molecule has 0 saturated heterocycles. The van der Waals surface area contributed by atoms with Crippen molar-refractivity contribution in [1.82, 2.24) is 10.2 Å². The van der Waals surface area contributed by atoms with Gasteiger partial charge in [-0.2, -0.15) is 0 Å². The van der Waals surface area contributed by atoms with Crippen LogP contribution in [0.3, 0.4) is 0 Å². The summed E-state index contributed by atoms with van der Waals surface area (Å²) in [6.45, 7) is 7.65. The molecule has 0 heterocycles. The number of rotatable bonds is 10. The highest BCUT2D eigenvalue weighted by Crippen LogP contribution is 2.22. The van der Waals surface area contributed by atoms with E-state index in [9.17, 15) is 18.0 Å². The number of benzene rings is 2. The Bertz CT molecular complexity index is 1110. The number of carbonyl (C=O) groups excluding carboxylic acids is 2. The van der Waals surface area contributed by atoms with Gasteiger partial charge in [-0.25, -0.2) is 8.42 Å². The van der Waals surface area contributed by atoms with Crippen molar-refractivity contribution in [2.24, 2.45) is 0 Å². The molecular formula is C25H33Cl2N3O4S. The first-order valence-electron chi connectivity index (χ1n) is 11.3. The van der Waals surface area contributed by atoms with E-state index in [4.69, 9.17) is 23.2 Å². The van der Waals surface area contributed by atoms with Crippen molar-refractivity contribution < 1.29 is 18.0 Å². The number of hydrogen-bond donors (Lipinski definition) is 1. The van der Waals surface area contributed by atoms with Crippen molar-refractivity contribution in [2.45, 2.75) is 58.7 Å². The Hall–Kier alpha value is -2.29. The highest BCUT2D eigenvalue weighted by Gasteiger charge is 2.28. The highest BCUT2D eigenvalue weighted by atomic mass is 35.5. The van der Waals surface area contributed by atoms with E-state index in [2.05, 4.69) is 5.32 Å². The molecule has 0 radical (unpaired) electrons. The fraction of sp³-hybridized carbons (Fsp3) is 0.440. The van der Waals surface area contributed by atoms with Gasteiger partial charge in [0.2, 0.25) is 21.8 Å². The molecular weight excluding hydrogens is 509 g/mol. The molecule has 1 N–H and O–H groups in total. The normalized spacial score (nSPS) is 12.7. The van der Waals surface area contributed by atoms with Gasteiger partial charge in [-0.1, -0.05) is 35.3 Å². The van der Waals surface area contributed by atoms with E-state index < -0.39 is 21.6 Å². The molecule has 0 bridgehead atoms. The van der Waals surface area contributed by atoms with E-state index in [1.54, 1.807) is 43.3 Å². The number of hydrogen-bond acceptors (Lipinski definition) is 4. The molecule has 192 valence electrons. The van der Waals surface area contributed by atoms with Gasteiger partial charge in [0.1, 0.15) is 6.04 Å². The summed E-state index contributed by atoms with van der Waals surface area (Å²) in [4.78, 5) is 27.6. The molecule has 2 amide bonds. The molecule has 0 aromatic heterocycles. The number of carbonyl (C=O) groups is 2. The smallest absolute Gasteiger partial charge is 0.242 e. The maximum atomic E-state index is 13.3. The number of sulfonamides is 1. The van der Waals surface area contributed by atoms with Crippen molar-refractivity contribution in [2.75, 3.05) is 17.1 Å². The first-order chi connectivity index (χ1) is 16.2. The fourth-order valence-electron chi connectivity index (χ4n) is 3.45. The molecule has 0 aliphatic carbocycles. The molecule has 2 rings (SSSR count). The quantitative estimate of drug-likeness (QED) is 0.464. The summed E-state index contributed by atoms with van der Waals surface area (Å²) in [5.74, 6) is -0.514. The Balaban J connectivity index is 2.17. The van der Waals surface area contributed by atoms with Gasteiger partial charge in [0, 0.05) is 35.1 Å². The minimum absolute atomic E-state index is 0.0698. The van der Waals surface area contributed by atoms with Crippen LogP contribution in [0.1, 0.15) is 46.1 Å². The van der Waals surface area contributed by atoms with E-state index in [1.165, 1.54) is 9.21 Å². The maximum Gasteiger partial charge on any atom is 0.242 e. The first kappa shape index (κ1) is 28.9. The van der Waals surface area contributed by atoms with Gasteiger partial charge >= 0.3 is 0 Å². The molecule has 1 unspecified atom stereocenters. The highest BCUT2D eigenvalue weighted by molar-refractivity contribution is 7.92. The average molecular weight is 543 g/mol. The topological polar surface area (TPSA) is 86.8 Å². The second kappa shape index (κ2) is 12.1. The summed E-state index contributed by atoms with van der Waals surface area (Å²) in [6.07, 6.45) is 1.47. The van der Waals surface area contributed by atoms with Crippen LogP contribution in [0.5, 0.6) is 0 Å². The summed E-state index contributed by atoms with van der Waals surface area (Å²) in [7, 11) is -3.56. The van der Waals surface area contributed by atoms with Crippen molar-refractivity contribution >= 4 is 50.7 Å². The van der Waals surface area contributed by atoms with E-state index in [1.807, 2.05) is 32.9 Å². The van der Waals surface area contributed by atoms with Gasteiger partial charge in [0.05, 0.1) is 11.9 Å². The zero-order chi connectivity index (χ0) is 26.4. The Morgan fingerprint density at radius 2 is 1.49 bits per heavy atom. The molecule has 0 aliphatic rings. The Morgan fingerprint density at radius 3 is 1.97 bits per heavy atom. The van der Waals surface area contributed by atoms with Crippen LogP contribution in [-0.2, 0) is 26.2 Å². The molecule has 0 aliphatic heterocycles. The molecule has 1 atom stereocenters. The SMILES string of the molecule is CC(C(=O)NC(C)(C)C)N(Cc1ccc(Cl)cc1)C(=O)CCCN(c1ccc(Cl)cc1)S(C)(=O)=O. The van der Waals surface area contributed by atoms with Crippen molar-refractivity contribution in [3.05, 3.63) is 64.1 Å². The fourth-order valence-corrected chi connectivity index (χ4v) is 4.67. The zero-order valence-electron chi connectivity index (χ0n) is 20.7. The summed E-state index contributed by atoms with van der Waals surface area (Å²) < 4.78 is 26.0. The predicted molar refractivity (Wildman–Crippen MR) is 142 cm³/mol. The monoisotopic (exact) mass is 541 g/mol. The first-order valence-corrected chi connectivity index (χ1v) is 13.9. The van der Waals surface area contributed by atoms with E-state index in [-0.39, 0.29) is 37.7 Å². The Morgan fingerprint density at radius 1 is 0.971 bits per heavy atom. The van der Waals surface area contributed by atoms with Gasteiger partial charge in [0.25, 0.3) is 0 Å². The lowest BCUT2D eigenvalue weighted by Gasteiger charge is -2.32. The second-order valence-electron chi connectivity index (χ2n) is 9.48. The molecule has 0 fully saturated rings. The Kier molecular flexibility index (Phi) is 10.0. The molecule has 35 heavy (non-hydrogen) atoms. The van der Waals surface area contributed by atoms with Crippen molar-refractivity contribution in [3.63, 3.8) is 0 Å². The zero-order valence-corrected chi connectivity index (χ0v) is 23.0. The number of nitrogens with one attached hydrogen (secondary N) is 1. The summed E-state index contributed by atoms with van der Waals surface area (Å²) in [5.41, 5.74) is 0.854. The maximum absolute atomic E-state index is 13.3. The molecule has 2 aromatic carbocycles. The van der Waals surface area contributed by atoms with Crippen LogP contribution >= 0.6 is 23.2 Å². The molecule has 0 saturated carbocycles. The van der Waals surface area contributed by atoms with E-state index in [0.717, 1.165) is 11.8 Å². The van der Waals surface area contributed by atoms with Crippen LogP contribution in [0.2, 0.25) is 10.0 Å². The largest absolute Gasteiger partial charge is 0.350 e. The lowest BCUT2D eigenvalue weighted by atomic mass is 10.1. The molecule has 10 heteroatoms. The molecule has 7 nitrogen and oxygen atoms in total. The third kappa shape index (κ3) is 9.35. The van der Waals surface area contributed by atoms with Crippen LogP contribution in [0, 0.1) is 0 Å². The van der Waals surface area contributed by atoms with Crippen LogP contribution in [0.15, 0.2) is 48.5 Å². The van der Waals surface area contributed by atoms with Gasteiger partial charge in [-0.15, -0.1) is 0 Å². The van der Waals surface area contributed by atoms with Gasteiger partial charge in [0.15, 0.2) is 0 Å². The van der Waals surface area contributed by atoms with Crippen molar-refractivity contribution in [3.8, 4) is 0 Å². The lowest BCUT2D eigenvalue weighted by Crippen LogP contribution is -2.52. The number of nitrogens with zero attached hydrogens (tertiary/aromatic N) is 2. The minimum Gasteiger partial charge on any atom is -0.350 e. The predicted octanol–water partition coefficient (Wildman–Crippen LogP) is 4.87. The Labute approximate surface area is 218 Å². The third-order valence-corrected chi connectivity index (χ3v) is 6.90. The van der Waals surface area contributed by atoms with Crippen LogP contribution in [0.25, 0.3) is 0 Å². The van der Waals surface area contributed by atoms with Crippen LogP contribution in [-0.4, -0.2) is 49.5 Å². The lowest BCUT2D eigenvalue weighted by molar-refractivity contribution is -0.141. The summed E-state index contributed by atoms with van der Waals surface area (Å²) >= 11 is 11.9. The summed E-state index contributed by atoms with van der Waals surface area (Å²) in [5, 5.41) is 3.99. The molecule has 2 aromatic rings. The average Bonchev–Trinajstić information content (AvgIpc) is 2.74. The van der Waals surface area contributed by atoms with Crippen molar-refractivity contribution in [1.29, 1.82) is 0 Å². The van der Waals surface area contributed by atoms with E-state index >= 15 is 0 Å². The standard InChI is InChI=1S/C25H33Cl2N3O4S/c1-18(24(32)28-25(2,3)4)29(17-19-8-10-20(26)11-9-19)23(31)7-6-16-30(35(5,33)34)22-14-12-21(27)13-15-22/h8-15,18H,6-7,16-17H2,1-5H3,(H,28,32). The molecule has 0 spiro atoms. The van der Waals surface area contributed by atoms with Gasteiger partial charge < -0.3 is 10.2 Å². The van der Waals surface area contributed by atoms with Gasteiger partial charge in [-0.3, -0.25) is 13.9 Å². The van der Waals surface area contributed by atoms with Crippen LogP contribution in [0.4, 0.5) is 5.69 Å². The third-order valence-electron chi connectivity index (χ3n) is 5.20.